The fourth-order valence-corrected chi connectivity index (χ4v) is 2.85. The minimum atomic E-state index is 0.307. The van der Waals surface area contributed by atoms with E-state index in [4.69, 9.17) is 4.74 Å². The number of hydrogen-bond donors (Lipinski definition) is 1. The van der Waals surface area contributed by atoms with Gasteiger partial charge in [-0.05, 0) is 41.3 Å². The van der Waals surface area contributed by atoms with Crippen LogP contribution in [-0.4, -0.2) is 19.8 Å². The van der Waals surface area contributed by atoms with E-state index in [2.05, 4.69) is 60.8 Å². The highest BCUT2D eigenvalue weighted by Crippen LogP contribution is 2.28. The van der Waals surface area contributed by atoms with Crippen LogP contribution < -0.4 is 5.32 Å². The Labute approximate surface area is 120 Å². The van der Waals surface area contributed by atoms with Gasteiger partial charge in [-0.25, -0.2) is 0 Å². The lowest BCUT2D eigenvalue weighted by Crippen LogP contribution is -2.24. The van der Waals surface area contributed by atoms with Crippen molar-refractivity contribution in [3.8, 4) is 11.1 Å². The molecule has 104 valence electrons. The molecule has 0 aliphatic carbocycles. The Balaban J connectivity index is 2.01. The number of likely N-dealkylation sites (N-methyl/N-ethyl adjacent to an activating group) is 1. The molecule has 20 heavy (non-hydrogen) atoms. The summed E-state index contributed by atoms with van der Waals surface area (Å²) in [4.78, 5) is 0. The molecular weight excluding hydrogens is 246 g/mol. The first kappa shape index (κ1) is 13.3. The lowest BCUT2D eigenvalue weighted by atomic mass is 9.94. The third-order valence-electron chi connectivity index (χ3n) is 3.88. The highest BCUT2D eigenvalue weighted by Gasteiger charge is 2.18. The van der Waals surface area contributed by atoms with Crippen molar-refractivity contribution in [1.29, 1.82) is 0 Å². The van der Waals surface area contributed by atoms with Crippen molar-refractivity contribution >= 4 is 0 Å². The zero-order chi connectivity index (χ0) is 13.8. The second-order valence-electron chi connectivity index (χ2n) is 5.21. The number of hydrogen-bond acceptors (Lipinski definition) is 2. The first-order chi connectivity index (χ1) is 9.88. The van der Waals surface area contributed by atoms with E-state index in [0.29, 0.717) is 6.04 Å². The van der Waals surface area contributed by atoms with Gasteiger partial charge in [-0.3, -0.25) is 0 Å². The molecule has 1 aliphatic heterocycles. The van der Waals surface area contributed by atoms with Crippen molar-refractivity contribution in [3.63, 3.8) is 0 Å². The molecule has 1 aliphatic rings. The average Bonchev–Trinajstić information content (AvgIpc) is 2.71. The van der Waals surface area contributed by atoms with Gasteiger partial charge in [0.1, 0.15) is 0 Å². The number of rotatable bonds is 3. The monoisotopic (exact) mass is 267 g/mol. The molecule has 0 saturated carbocycles. The first-order valence-electron chi connectivity index (χ1n) is 7.38. The minimum absolute atomic E-state index is 0.307. The van der Waals surface area contributed by atoms with Crippen LogP contribution in [0.3, 0.4) is 0 Å². The van der Waals surface area contributed by atoms with Crippen molar-refractivity contribution in [2.45, 2.75) is 19.4 Å². The summed E-state index contributed by atoms with van der Waals surface area (Å²) in [6.45, 7) is 4.69. The van der Waals surface area contributed by atoms with Crippen LogP contribution in [0.5, 0.6) is 0 Å². The lowest BCUT2D eigenvalue weighted by molar-refractivity contribution is 0.122. The molecule has 2 heteroatoms. The maximum atomic E-state index is 5.73. The predicted molar refractivity (Wildman–Crippen MR) is 82.8 cm³/mol. The Morgan fingerprint density at radius 3 is 2.75 bits per heavy atom. The van der Waals surface area contributed by atoms with E-state index in [1.807, 2.05) is 0 Å². The summed E-state index contributed by atoms with van der Waals surface area (Å²) in [6.07, 6.45) is 1.01. The van der Waals surface area contributed by atoms with Crippen molar-refractivity contribution in [1.82, 2.24) is 5.32 Å². The van der Waals surface area contributed by atoms with Gasteiger partial charge in [0.05, 0.1) is 19.3 Å². The Morgan fingerprint density at radius 2 is 1.95 bits per heavy atom. The van der Waals surface area contributed by atoms with Crippen LogP contribution in [0.2, 0.25) is 0 Å². The Kier molecular flexibility index (Phi) is 4.14. The number of benzene rings is 2. The van der Waals surface area contributed by atoms with Crippen molar-refractivity contribution in [2.24, 2.45) is 0 Å². The van der Waals surface area contributed by atoms with Crippen molar-refractivity contribution < 1.29 is 4.74 Å². The maximum Gasteiger partial charge on any atom is 0.0661 e. The van der Waals surface area contributed by atoms with E-state index in [-0.39, 0.29) is 0 Å². The Hall–Kier alpha value is -1.64. The van der Waals surface area contributed by atoms with Crippen LogP contribution in [-0.2, 0) is 11.2 Å². The topological polar surface area (TPSA) is 21.3 Å². The molecule has 0 amide bonds. The highest BCUT2D eigenvalue weighted by molar-refractivity contribution is 5.65. The van der Waals surface area contributed by atoms with E-state index < -0.39 is 0 Å². The van der Waals surface area contributed by atoms with Crippen LogP contribution >= 0.6 is 0 Å². The largest absolute Gasteiger partial charge is 0.379 e. The van der Waals surface area contributed by atoms with Crippen molar-refractivity contribution in [2.75, 3.05) is 19.8 Å². The second kappa shape index (κ2) is 6.21. The van der Waals surface area contributed by atoms with E-state index in [9.17, 15) is 0 Å². The molecule has 1 heterocycles. The molecule has 1 N–H and O–H groups in total. The average molecular weight is 267 g/mol. The fraction of sp³-hybridized carbons (Fsp3) is 0.333. The Bertz CT molecular complexity index is 565. The zero-order valence-electron chi connectivity index (χ0n) is 11.9. The second-order valence-corrected chi connectivity index (χ2v) is 5.21. The van der Waals surface area contributed by atoms with Crippen LogP contribution in [0.1, 0.15) is 24.1 Å². The lowest BCUT2D eigenvalue weighted by Gasteiger charge is -2.19. The summed E-state index contributed by atoms with van der Waals surface area (Å²) in [5.41, 5.74) is 5.36. The summed E-state index contributed by atoms with van der Waals surface area (Å²) < 4.78 is 5.73. The first-order valence-corrected chi connectivity index (χ1v) is 7.38. The van der Waals surface area contributed by atoms with Crippen LogP contribution in [0, 0.1) is 0 Å². The van der Waals surface area contributed by atoms with E-state index >= 15 is 0 Å². The Morgan fingerprint density at radius 1 is 1.10 bits per heavy atom. The molecule has 0 bridgehead atoms. The van der Waals surface area contributed by atoms with Gasteiger partial charge in [-0.1, -0.05) is 49.4 Å². The third-order valence-corrected chi connectivity index (χ3v) is 3.88. The quantitative estimate of drug-likeness (QED) is 0.918. The standard InChI is InChI=1S/C18H21NO/c1-2-19-18-13-20-11-10-15-8-9-16(12-17(15)18)14-6-4-3-5-7-14/h3-9,12,18-19H,2,10-11,13H2,1H3. The SMILES string of the molecule is CCNC1COCCc2ccc(-c3ccccc3)cc21. The van der Waals surface area contributed by atoms with Gasteiger partial charge in [-0.2, -0.15) is 0 Å². The van der Waals surface area contributed by atoms with Crippen LogP contribution in [0.4, 0.5) is 0 Å². The van der Waals surface area contributed by atoms with Crippen LogP contribution in [0.15, 0.2) is 48.5 Å². The zero-order valence-corrected chi connectivity index (χ0v) is 11.9. The number of fused-ring (bicyclic) bond motifs is 1. The van der Waals surface area contributed by atoms with Gasteiger partial charge in [-0.15, -0.1) is 0 Å². The third kappa shape index (κ3) is 2.77. The molecule has 1 unspecified atom stereocenters. The van der Waals surface area contributed by atoms with Gasteiger partial charge in [0.15, 0.2) is 0 Å². The number of nitrogens with one attached hydrogen (secondary N) is 1. The molecule has 0 spiro atoms. The molecule has 2 nitrogen and oxygen atoms in total. The summed E-state index contributed by atoms with van der Waals surface area (Å²) in [7, 11) is 0. The number of ether oxygens (including phenoxy) is 1. The molecule has 2 aromatic carbocycles. The molecule has 0 fully saturated rings. The van der Waals surface area contributed by atoms with E-state index in [1.54, 1.807) is 0 Å². The predicted octanol–water partition coefficient (Wildman–Crippen LogP) is 3.58. The molecule has 2 aromatic rings. The summed E-state index contributed by atoms with van der Waals surface area (Å²) in [5, 5.41) is 3.53. The molecule has 0 saturated heterocycles. The summed E-state index contributed by atoms with van der Waals surface area (Å²) >= 11 is 0. The normalized spacial score (nSPS) is 18.4. The maximum absolute atomic E-state index is 5.73. The fourth-order valence-electron chi connectivity index (χ4n) is 2.85. The molecule has 3 rings (SSSR count). The molecule has 0 aromatic heterocycles. The van der Waals surface area contributed by atoms with Gasteiger partial charge < -0.3 is 10.1 Å². The van der Waals surface area contributed by atoms with Gasteiger partial charge in [0, 0.05) is 0 Å². The summed E-state index contributed by atoms with van der Waals surface area (Å²) in [5.74, 6) is 0. The van der Waals surface area contributed by atoms with E-state index in [0.717, 1.165) is 26.2 Å². The highest BCUT2D eigenvalue weighted by atomic mass is 16.5. The molecular formula is C18H21NO. The van der Waals surface area contributed by atoms with Crippen LogP contribution in [0.25, 0.3) is 11.1 Å². The van der Waals surface area contributed by atoms with E-state index in [1.165, 1.54) is 22.3 Å². The van der Waals surface area contributed by atoms with Crippen molar-refractivity contribution in [3.05, 3.63) is 59.7 Å². The molecule has 1 atom stereocenters. The van der Waals surface area contributed by atoms with Gasteiger partial charge in [0.2, 0.25) is 0 Å². The molecule has 0 radical (unpaired) electrons. The van der Waals surface area contributed by atoms with Gasteiger partial charge in [0.25, 0.3) is 0 Å². The van der Waals surface area contributed by atoms with Gasteiger partial charge >= 0.3 is 0 Å². The minimum Gasteiger partial charge on any atom is -0.379 e. The summed E-state index contributed by atoms with van der Waals surface area (Å²) in [6, 6.07) is 17.7. The smallest absolute Gasteiger partial charge is 0.0661 e.